The van der Waals surface area contributed by atoms with Gasteiger partial charge in [-0.3, -0.25) is 9.59 Å². The minimum atomic E-state index is -1.27. The molecule has 0 heterocycles. The van der Waals surface area contributed by atoms with Crippen LogP contribution < -0.4 is 0 Å². The van der Waals surface area contributed by atoms with Crippen molar-refractivity contribution in [3.8, 4) is 0 Å². The molecule has 0 saturated carbocycles. The number of hydrogen-bond donors (Lipinski definition) is 0. The standard InChI is InChI=1S/C17H22O4/c1-11(18)20-17(21-12(2)19)9-8-13-6-7-14(10-15(13)17)16(3,4)5/h6-7,10H,8-9H2,1-5H3. The van der Waals surface area contributed by atoms with Gasteiger partial charge in [0.1, 0.15) is 0 Å². The molecule has 0 N–H and O–H groups in total. The van der Waals surface area contributed by atoms with Crippen LogP contribution in [0.1, 0.15) is 57.7 Å². The van der Waals surface area contributed by atoms with Crippen LogP contribution in [-0.2, 0) is 36.7 Å². The monoisotopic (exact) mass is 290 g/mol. The number of esters is 2. The lowest BCUT2D eigenvalue weighted by Gasteiger charge is -2.30. The third kappa shape index (κ3) is 3.09. The first-order valence-electron chi connectivity index (χ1n) is 7.17. The van der Waals surface area contributed by atoms with E-state index in [1.165, 1.54) is 13.8 Å². The van der Waals surface area contributed by atoms with Crippen molar-refractivity contribution in [3.05, 3.63) is 34.9 Å². The molecule has 2 rings (SSSR count). The van der Waals surface area contributed by atoms with Gasteiger partial charge in [0.05, 0.1) is 0 Å². The van der Waals surface area contributed by atoms with Crippen molar-refractivity contribution in [1.29, 1.82) is 0 Å². The molecule has 0 bridgehead atoms. The van der Waals surface area contributed by atoms with E-state index in [0.29, 0.717) is 6.42 Å². The Bertz CT molecular complexity index is 565. The number of ether oxygens (including phenoxy) is 2. The second-order valence-corrected chi connectivity index (χ2v) is 6.56. The number of fused-ring (bicyclic) bond motifs is 1. The molecule has 0 saturated heterocycles. The number of hydrogen-bond acceptors (Lipinski definition) is 4. The smallest absolute Gasteiger partial charge is 0.306 e. The van der Waals surface area contributed by atoms with E-state index in [4.69, 9.17) is 9.47 Å². The highest BCUT2D eigenvalue weighted by molar-refractivity contribution is 5.70. The van der Waals surface area contributed by atoms with E-state index in [0.717, 1.165) is 23.1 Å². The quantitative estimate of drug-likeness (QED) is 0.620. The van der Waals surface area contributed by atoms with E-state index in [1.807, 2.05) is 12.1 Å². The number of rotatable bonds is 2. The fraction of sp³-hybridized carbons (Fsp3) is 0.529. The summed E-state index contributed by atoms with van der Waals surface area (Å²) in [6.07, 6.45) is 1.19. The molecule has 21 heavy (non-hydrogen) atoms. The topological polar surface area (TPSA) is 52.6 Å². The molecule has 1 aliphatic rings. The van der Waals surface area contributed by atoms with Crippen molar-refractivity contribution < 1.29 is 19.1 Å². The van der Waals surface area contributed by atoms with Gasteiger partial charge in [0, 0.05) is 25.8 Å². The Hall–Kier alpha value is -1.84. The molecule has 4 nitrogen and oxygen atoms in total. The molecule has 0 unspecified atom stereocenters. The summed E-state index contributed by atoms with van der Waals surface area (Å²) in [5, 5.41) is 0. The molecule has 0 aromatic heterocycles. The highest BCUT2D eigenvalue weighted by atomic mass is 16.7. The molecule has 1 aromatic carbocycles. The lowest BCUT2D eigenvalue weighted by molar-refractivity contribution is -0.231. The zero-order chi connectivity index (χ0) is 15.8. The summed E-state index contributed by atoms with van der Waals surface area (Å²) in [7, 11) is 0. The van der Waals surface area contributed by atoms with E-state index in [2.05, 4.69) is 26.8 Å². The van der Waals surface area contributed by atoms with Gasteiger partial charge in [-0.25, -0.2) is 0 Å². The van der Waals surface area contributed by atoms with Gasteiger partial charge in [-0.15, -0.1) is 0 Å². The zero-order valence-corrected chi connectivity index (χ0v) is 13.3. The minimum absolute atomic E-state index is 0.0319. The summed E-state index contributed by atoms with van der Waals surface area (Å²) in [4.78, 5) is 22.9. The largest absolute Gasteiger partial charge is 0.418 e. The van der Waals surface area contributed by atoms with Gasteiger partial charge in [0.25, 0.3) is 5.79 Å². The molecule has 0 fully saturated rings. The van der Waals surface area contributed by atoms with Crippen LogP contribution in [-0.4, -0.2) is 11.9 Å². The average Bonchev–Trinajstić information content (AvgIpc) is 2.65. The van der Waals surface area contributed by atoms with Crippen molar-refractivity contribution in [2.45, 2.75) is 58.7 Å². The Balaban J connectivity index is 2.53. The van der Waals surface area contributed by atoms with Crippen LogP contribution >= 0.6 is 0 Å². The second kappa shape index (κ2) is 5.17. The minimum Gasteiger partial charge on any atom is -0.418 e. The maximum atomic E-state index is 11.5. The molecule has 0 aliphatic heterocycles. The van der Waals surface area contributed by atoms with Crippen molar-refractivity contribution in [2.75, 3.05) is 0 Å². The predicted molar refractivity (Wildman–Crippen MR) is 78.7 cm³/mol. The number of benzene rings is 1. The maximum absolute atomic E-state index is 11.5. The molecule has 4 heteroatoms. The Morgan fingerprint density at radius 3 is 2.14 bits per heavy atom. The normalized spacial score (nSPS) is 16.2. The first-order valence-corrected chi connectivity index (χ1v) is 7.17. The highest BCUT2D eigenvalue weighted by Gasteiger charge is 2.45. The predicted octanol–water partition coefficient (Wildman–Crippen LogP) is 3.21. The van der Waals surface area contributed by atoms with E-state index in [9.17, 15) is 9.59 Å². The van der Waals surface area contributed by atoms with Crippen LogP contribution in [0.2, 0.25) is 0 Å². The second-order valence-electron chi connectivity index (χ2n) is 6.56. The summed E-state index contributed by atoms with van der Waals surface area (Å²) >= 11 is 0. The summed E-state index contributed by atoms with van der Waals surface area (Å²) in [6, 6.07) is 6.11. The molecular weight excluding hydrogens is 268 g/mol. The molecular formula is C17H22O4. The van der Waals surface area contributed by atoms with Gasteiger partial charge >= 0.3 is 11.9 Å². The fourth-order valence-electron chi connectivity index (χ4n) is 2.75. The summed E-state index contributed by atoms with van der Waals surface area (Å²) in [5.74, 6) is -2.18. The number of aryl methyl sites for hydroxylation is 1. The Labute approximate surface area is 125 Å². The Kier molecular flexibility index (Phi) is 3.83. The van der Waals surface area contributed by atoms with E-state index < -0.39 is 17.7 Å². The fourth-order valence-corrected chi connectivity index (χ4v) is 2.75. The van der Waals surface area contributed by atoms with Crippen LogP contribution in [0, 0.1) is 0 Å². The van der Waals surface area contributed by atoms with Crippen molar-refractivity contribution in [3.63, 3.8) is 0 Å². The van der Waals surface area contributed by atoms with Gasteiger partial charge in [-0.05, 0) is 29.0 Å². The lowest BCUT2D eigenvalue weighted by Crippen LogP contribution is -2.34. The van der Waals surface area contributed by atoms with Crippen LogP contribution in [0.25, 0.3) is 0 Å². The summed E-state index contributed by atoms with van der Waals surface area (Å²) in [5.41, 5.74) is 2.94. The van der Waals surface area contributed by atoms with E-state index >= 15 is 0 Å². The third-order valence-electron chi connectivity index (χ3n) is 3.73. The Morgan fingerprint density at radius 2 is 1.67 bits per heavy atom. The first-order chi connectivity index (χ1) is 9.64. The lowest BCUT2D eigenvalue weighted by atomic mass is 9.85. The number of carbonyl (C=O) groups is 2. The first kappa shape index (κ1) is 15.5. The maximum Gasteiger partial charge on any atom is 0.306 e. The van der Waals surface area contributed by atoms with Crippen molar-refractivity contribution >= 4 is 11.9 Å². The molecule has 114 valence electrons. The van der Waals surface area contributed by atoms with Crippen LogP contribution in [0.4, 0.5) is 0 Å². The van der Waals surface area contributed by atoms with E-state index in [-0.39, 0.29) is 5.41 Å². The SMILES string of the molecule is CC(=O)OC1(OC(C)=O)CCc2ccc(C(C)(C)C)cc21. The van der Waals surface area contributed by atoms with Gasteiger partial charge in [-0.1, -0.05) is 32.9 Å². The molecule has 0 spiro atoms. The molecule has 1 aliphatic carbocycles. The molecule has 0 atom stereocenters. The van der Waals surface area contributed by atoms with Crippen LogP contribution in [0.3, 0.4) is 0 Å². The van der Waals surface area contributed by atoms with Crippen LogP contribution in [0.15, 0.2) is 18.2 Å². The van der Waals surface area contributed by atoms with Crippen molar-refractivity contribution in [1.82, 2.24) is 0 Å². The zero-order valence-electron chi connectivity index (χ0n) is 13.3. The Morgan fingerprint density at radius 1 is 1.10 bits per heavy atom. The molecule has 1 aromatic rings. The van der Waals surface area contributed by atoms with Gasteiger partial charge in [0.15, 0.2) is 0 Å². The van der Waals surface area contributed by atoms with Gasteiger partial charge in [-0.2, -0.15) is 0 Å². The summed E-state index contributed by atoms with van der Waals surface area (Å²) in [6.45, 7) is 9.00. The molecule has 0 radical (unpaired) electrons. The number of carbonyl (C=O) groups excluding carboxylic acids is 2. The summed E-state index contributed by atoms with van der Waals surface area (Å²) < 4.78 is 10.8. The molecule has 0 amide bonds. The average molecular weight is 290 g/mol. The highest BCUT2D eigenvalue weighted by Crippen LogP contribution is 2.43. The third-order valence-corrected chi connectivity index (χ3v) is 3.73. The van der Waals surface area contributed by atoms with Crippen molar-refractivity contribution in [2.24, 2.45) is 0 Å². The van der Waals surface area contributed by atoms with E-state index in [1.54, 1.807) is 0 Å². The van der Waals surface area contributed by atoms with Gasteiger partial charge in [0.2, 0.25) is 0 Å². The van der Waals surface area contributed by atoms with Crippen LogP contribution in [0.5, 0.6) is 0 Å². The van der Waals surface area contributed by atoms with Gasteiger partial charge < -0.3 is 9.47 Å².